The van der Waals surface area contributed by atoms with Crippen molar-refractivity contribution in [3.63, 3.8) is 0 Å². The predicted molar refractivity (Wildman–Crippen MR) is 139 cm³/mol. The minimum absolute atomic E-state index is 0.104. The van der Waals surface area contributed by atoms with Gasteiger partial charge in [-0.15, -0.1) is 0 Å². The van der Waals surface area contributed by atoms with Gasteiger partial charge in [-0.1, -0.05) is 30.7 Å². The van der Waals surface area contributed by atoms with Crippen molar-refractivity contribution in [2.75, 3.05) is 16.8 Å². The van der Waals surface area contributed by atoms with Crippen LogP contribution in [0.2, 0.25) is 0 Å². The van der Waals surface area contributed by atoms with Crippen LogP contribution in [-0.2, 0) is 20.7 Å². The largest absolute Gasteiger partial charge is 0.462 e. The fourth-order valence-electron chi connectivity index (χ4n) is 3.64. The summed E-state index contributed by atoms with van der Waals surface area (Å²) in [5, 5.41) is 2.58. The second-order valence-electron chi connectivity index (χ2n) is 7.99. The molecule has 0 atom stereocenters. The minimum Gasteiger partial charge on any atom is -0.462 e. The van der Waals surface area contributed by atoms with Gasteiger partial charge in [0.25, 0.3) is 11.8 Å². The summed E-state index contributed by atoms with van der Waals surface area (Å²) in [6.45, 7) is 3.94. The molecule has 4 rings (SSSR count). The first-order chi connectivity index (χ1) is 17.8. The summed E-state index contributed by atoms with van der Waals surface area (Å²) >= 11 is 6.19. The number of rotatable bonds is 8. The van der Waals surface area contributed by atoms with Crippen molar-refractivity contribution < 1.29 is 28.7 Å². The number of hydrogen-bond donors (Lipinski definition) is 1. The maximum atomic E-state index is 13.0. The summed E-state index contributed by atoms with van der Waals surface area (Å²) in [4.78, 5) is 51.0. The average molecular weight is 519 g/mol. The monoisotopic (exact) mass is 518 g/mol. The predicted octanol–water partition coefficient (Wildman–Crippen LogP) is 5.08. The lowest BCUT2D eigenvalue weighted by Gasteiger charge is -2.15. The summed E-state index contributed by atoms with van der Waals surface area (Å²) in [5.41, 5.74) is 2.24. The highest BCUT2D eigenvalue weighted by Crippen LogP contribution is 2.30. The standard InChI is InChI=1S/C28H23ClN2O6/c1-3-17-6-5-7-22(16-17)37-28(35)19-8-12-20(13-9-19)30-24-23(29)25(32)31(26(24)33)21-14-10-18(11-15-21)27(34)36-4-2/h5-16,30H,3-4H2,1-2H3. The lowest BCUT2D eigenvalue weighted by Crippen LogP contribution is -2.32. The van der Waals surface area contributed by atoms with E-state index in [0.717, 1.165) is 16.9 Å². The quantitative estimate of drug-likeness (QED) is 0.252. The highest BCUT2D eigenvalue weighted by molar-refractivity contribution is 6.53. The summed E-state index contributed by atoms with van der Waals surface area (Å²) in [6.07, 6.45) is 0.821. The number of ether oxygens (including phenoxy) is 2. The van der Waals surface area contributed by atoms with Gasteiger partial charge in [0.05, 0.1) is 23.4 Å². The molecule has 1 heterocycles. The zero-order valence-electron chi connectivity index (χ0n) is 20.1. The SMILES string of the molecule is CCOC(=O)c1ccc(N2C(=O)C(Cl)=C(Nc3ccc(C(=O)Oc4cccc(CC)c4)cc3)C2=O)cc1. The number of nitrogens with one attached hydrogen (secondary N) is 1. The Morgan fingerprint density at radius 1 is 0.865 bits per heavy atom. The number of halogens is 1. The molecule has 1 aliphatic rings. The topological polar surface area (TPSA) is 102 Å². The van der Waals surface area contributed by atoms with Crippen molar-refractivity contribution in [2.45, 2.75) is 20.3 Å². The lowest BCUT2D eigenvalue weighted by atomic mass is 10.1. The van der Waals surface area contributed by atoms with E-state index in [4.69, 9.17) is 21.1 Å². The van der Waals surface area contributed by atoms with E-state index in [0.29, 0.717) is 22.6 Å². The van der Waals surface area contributed by atoms with Gasteiger partial charge in [0, 0.05) is 5.69 Å². The Balaban J connectivity index is 1.45. The van der Waals surface area contributed by atoms with Crippen LogP contribution in [0, 0.1) is 0 Å². The molecule has 0 saturated carbocycles. The van der Waals surface area contributed by atoms with Gasteiger partial charge in [-0.05, 0) is 79.6 Å². The van der Waals surface area contributed by atoms with Gasteiger partial charge in [0.1, 0.15) is 16.5 Å². The molecule has 2 amide bonds. The van der Waals surface area contributed by atoms with Crippen molar-refractivity contribution in [1.82, 2.24) is 0 Å². The van der Waals surface area contributed by atoms with Crippen LogP contribution in [-0.4, -0.2) is 30.4 Å². The molecule has 0 spiro atoms. The molecule has 3 aromatic carbocycles. The maximum absolute atomic E-state index is 13.0. The van der Waals surface area contributed by atoms with Crippen molar-refractivity contribution in [3.05, 3.63) is 100 Å². The molecular formula is C28H23ClN2O6. The van der Waals surface area contributed by atoms with Crippen LogP contribution in [0.5, 0.6) is 5.75 Å². The van der Waals surface area contributed by atoms with Crippen LogP contribution in [0.3, 0.4) is 0 Å². The Kier molecular flexibility index (Phi) is 7.69. The number of anilines is 2. The van der Waals surface area contributed by atoms with Crippen LogP contribution in [0.15, 0.2) is 83.5 Å². The molecule has 0 unspecified atom stereocenters. The first kappa shape index (κ1) is 25.7. The number of benzene rings is 3. The first-order valence-corrected chi connectivity index (χ1v) is 11.9. The van der Waals surface area contributed by atoms with Gasteiger partial charge in [0.15, 0.2) is 0 Å². The van der Waals surface area contributed by atoms with E-state index in [2.05, 4.69) is 5.32 Å². The minimum atomic E-state index is -0.701. The zero-order valence-corrected chi connectivity index (χ0v) is 20.9. The number of aryl methyl sites for hydroxylation is 1. The Labute approximate surface area is 218 Å². The fourth-order valence-corrected chi connectivity index (χ4v) is 3.85. The molecule has 188 valence electrons. The number of carbonyl (C=O) groups excluding carboxylic acids is 4. The summed E-state index contributed by atoms with van der Waals surface area (Å²) in [7, 11) is 0. The van der Waals surface area contributed by atoms with Crippen molar-refractivity contribution in [2.24, 2.45) is 0 Å². The Morgan fingerprint density at radius 2 is 1.51 bits per heavy atom. The smallest absolute Gasteiger partial charge is 0.343 e. The third-order valence-electron chi connectivity index (χ3n) is 5.57. The Morgan fingerprint density at radius 3 is 2.16 bits per heavy atom. The number of carbonyl (C=O) groups is 4. The molecule has 8 nitrogen and oxygen atoms in total. The second kappa shape index (κ2) is 11.1. The molecule has 0 bridgehead atoms. The van der Waals surface area contributed by atoms with E-state index in [-0.39, 0.29) is 23.0 Å². The van der Waals surface area contributed by atoms with Crippen LogP contribution >= 0.6 is 11.6 Å². The third kappa shape index (κ3) is 5.54. The van der Waals surface area contributed by atoms with E-state index in [1.165, 1.54) is 36.4 Å². The molecule has 0 radical (unpaired) electrons. The molecule has 0 aromatic heterocycles. The lowest BCUT2D eigenvalue weighted by molar-refractivity contribution is -0.120. The van der Waals surface area contributed by atoms with Gasteiger partial charge in [-0.2, -0.15) is 0 Å². The molecule has 0 saturated heterocycles. The van der Waals surface area contributed by atoms with E-state index >= 15 is 0 Å². The average Bonchev–Trinajstić information content (AvgIpc) is 3.12. The third-order valence-corrected chi connectivity index (χ3v) is 5.92. The van der Waals surface area contributed by atoms with Crippen LogP contribution in [0.1, 0.15) is 40.1 Å². The molecule has 1 aliphatic heterocycles. The number of hydrogen-bond acceptors (Lipinski definition) is 7. The van der Waals surface area contributed by atoms with Crippen molar-refractivity contribution in [1.29, 1.82) is 0 Å². The number of esters is 2. The molecule has 1 N–H and O–H groups in total. The fraction of sp³-hybridized carbons (Fsp3) is 0.143. The maximum Gasteiger partial charge on any atom is 0.343 e. The van der Waals surface area contributed by atoms with E-state index < -0.39 is 23.8 Å². The Bertz CT molecular complexity index is 1400. The van der Waals surface area contributed by atoms with Gasteiger partial charge >= 0.3 is 11.9 Å². The molecule has 0 aliphatic carbocycles. The van der Waals surface area contributed by atoms with Crippen molar-refractivity contribution in [3.8, 4) is 5.75 Å². The number of amides is 2. The molecular weight excluding hydrogens is 496 g/mol. The molecule has 0 fully saturated rings. The summed E-state index contributed by atoms with van der Waals surface area (Å²) < 4.78 is 10.4. The van der Waals surface area contributed by atoms with Crippen LogP contribution < -0.4 is 15.0 Å². The normalized spacial score (nSPS) is 13.1. The van der Waals surface area contributed by atoms with E-state index in [1.807, 2.05) is 19.1 Å². The molecule has 37 heavy (non-hydrogen) atoms. The van der Waals surface area contributed by atoms with Gasteiger partial charge in [-0.3, -0.25) is 9.59 Å². The highest BCUT2D eigenvalue weighted by atomic mass is 35.5. The van der Waals surface area contributed by atoms with Crippen LogP contribution in [0.4, 0.5) is 11.4 Å². The van der Waals surface area contributed by atoms with Gasteiger partial charge in [-0.25, -0.2) is 14.5 Å². The molecule has 3 aromatic rings. The first-order valence-electron chi connectivity index (χ1n) is 11.6. The van der Waals surface area contributed by atoms with Gasteiger partial charge in [0.2, 0.25) is 0 Å². The summed E-state index contributed by atoms with van der Waals surface area (Å²) in [5.74, 6) is -1.94. The van der Waals surface area contributed by atoms with Gasteiger partial charge < -0.3 is 14.8 Å². The Hall–Kier alpha value is -4.43. The van der Waals surface area contributed by atoms with E-state index in [9.17, 15) is 19.2 Å². The second-order valence-corrected chi connectivity index (χ2v) is 8.37. The number of nitrogens with zero attached hydrogens (tertiary/aromatic N) is 1. The summed E-state index contributed by atoms with van der Waals surface area (Å²) in [6, 6.07) is 19.4. The van der Waals surface area contributed by atoms with E-state index in [1.54, 1.807) is 31.2 Å². The highest BCUT2D eigenvalue weighted by Gasteiger charge is 2.39. The number of imide groups is 1. The molecule has 9 heteroatoms. The van der Waals surface area contributed by atoms with Crippen LogP contribution in [0.25, 0.3) is 0 Å². The van der Waals surface area contributed by atoms with Crippen molar-refractivity contribution >= 4 is 46.7 Å². The zero-order chi connectivity index (χ0) is 26.5.